The third kappa shape index (κ3) is 3.35. The van der Waals surface area contributed by atoms with Crippen molar-refractivity contribution in [3.05, 3.63) is 70.8 Å². The summed E-state index contributed by atoms with van der Waals surface area (Å²) in [6, 6.07) is 12.8. The Labute approximate surface area is 196 Å². The molecule has 2 saturated carbocycles. The van der Waals surface area contributed by atoms with Gasteiger partial charge in [-0.05, 0) is 71.6 Å². The van der Waals surface area contributed by atoms with E-state index in [4.69, 9.17) is 21.1 Å². The molecule has 7 rings (SSSR count). The van der Waals surface area contributed by atoms with E-state index in [-0.39, 0.29) is 35.5 Å². The van der Waals surface area contributed by atoms with Crippen LogP contribution < -0.4 is 9.47 Å². The molecular weight excluding hydrogens is 440 g/mol. The van der Waals surface area contributed by atoms with Crippen LogP contribution in [0.2, 0.25) is 5.02 Å². The van der Waals surface area contributed by atoms with E-state index in [0.29, 0.717) is 40.5 Å². The number of hydrogen-bond acceptors (Lipinski definition) is 5. The Balaban J connectivity index is 1.17. The molecular formula is C26H23ClN2O4. The maximum absolute atomic E-state index is 13.0. The third-order valence-electron chi connectivity index (χ3n) is 7.46. The van der Waals surface area contributed by atoms with Crippen molar-refractivity contribution in [1.82, 2.24) is 5.01 Å². The number of benzene rings is 2. The zero-order valence-electron chi connectivity index (χ0n) is 18.1. The quantitative estimate of drug-likeness (QED) is 0.364. The minimum Gasteiger partial charge on any atom is -0.493 e. The number of carbonyl (C=O) groups is 2. The average molecular weight is 463 g/mol. The van der Waals surface area contributed by atoms with Crippen molar-refractivity contribution in [3.63, 3.8) is 0 Å². The summed E-state index contributed by atoms with van der Waals surface area (Å²) in [6.07, 6.45) is 7.00. The van der Waals surface area contributed by atoms with Gasteiger partial charge in [-0.3, -0.25) is 9.59 Å². The van der Waals surface area contributed by atoms with E-state index >= 15 is 0 Å². The van der Waals surface area contributed by atoms with Crippen molar-refractivity contribution in [2.45, 2.75) is 13.0 Å². The topological polar surface area (TPSA) is 68.2 Å². The highest BCUT2D eigenvalue weighted by molar-refractivity contribution is 6.30. The zero-order valence-corrected chi connectivity index (χ0v) is 18.8. The first kappa shape index (κ1) is 20.5. The number of imide groups is 1. The van der Waals surface area contributed by atoms with Crippen LogP contribution in [0.15, 0.2) is 59.7 Å². The van der Waals surface area contributed by atoms with Crippen molar-refractivity contribution < 1.29 is 19.1 Å². The zero-order chi connectivity index (χ0) is 22.7. The Hall–Kier alpha value is -3.12. The molecule has 0 spiro atoms. The number of halogens is 1. The number of methoxy groups -OCH3 is 1. The summed E-state index contributed by atoms with van der Waals surface area (Å²) in [4.78, 5) is 26.1. The van der Waals surface area contributed by atoms with Gasteiger partial charge in [0, 0.05) is 5.02 Å². The van der Waals surface area contributed by atoms with E-state index in [1.54, 1.807) is 19.2 Å². The standard InChI is InChI=1S/C26H23ClN2O4/c1-32-22-10-15(4-9-21(22)33-13-14-2-5-16(27)6-3-14)12-28-29-25(30)23-17-7-8-18(20-11-19(17)20)24(23)26(29)31/h2-10,12,17-20,23-24H,11,13H2,1H3/t17-,18-,19-,20-,23-,24+/m0/s1. The highest BCUT2D eigenvalue weighted by Gasteiger charge is 2.67. The van der Waals surface area contributed by atoms with Crippen LogP contribution in [0.3, 0.4) is 0 Å². The molecule has 6 atom stereocenters. The molecule has 1 saturated heterocycles. The maximum Gasteiger partial charge on any atom is 0.254 e. The first-order valence-corrected chi connectivity index (χ1v) is 11.6. The highest BCUT2D eigenvalue weighted by Crippen LogP contribution is 2.65. The number of hydrazone groups is 1. The van der Waals surface area contributed by atoms with E-state index in [1.807, 2.05) is 30.3 Å². The fraction of sp³-hybridized carbons (Fsp3) is 0.346. The van der Waals surface area contributed by atoms with Gasteiger partial charge < -0.3 is 9.47 Å². The molecule has 0 radical (unpaired) electrons. The van der Waals surface area contributed by atoms with Crippen LogP contribution in [0.1, 0.15) is 17.5 Å². The molecule has 6 nitrogen and oxygen atoms in total. The minimum absolute atomic E-state index is 0.166. The summed E-state index contributed by atoms with van der Waals surface area (Å²) >= 11 is 5.93. The summed E-state index contributed by atoms with van der Waals surface area (Å²) in [6.45, 7) is 0.374. The SMILES string of the molecule is COc1cc(C=NN2C(=O)[C@@H]3[C@H]4C=C[C@@H]([C@@H]5C[C@@H]45)[C@@H]3C2=O)ccc1OCc1ccc(Cl)cc1. The van der Waals surface area contributed by atoms with Gasteiger partial charge in [0.2, 0.25) is 0 Å². The monoisotopic (exact) mass is 462 g/mol. The van der Waals surface area contributed by atoms with Gasteiger partial charge in [-0.15, -0.1) is 0 Å². The van der Waals surface area contributed by atoms with Gasteiger partial charge in [-0.2, -0.15) is 10.1 Å². The molecule has 4 aliphatic carbocycles. The Morgan fingerprint density at radius 1 is 1.00 bits per heavy atom. The lowest BCUT2D eigenvalue weighted by atomic mass is 9.63. The van der Waals surface area contributed by atoms with Gasteiger partial charge in [-0.1, -0.05) is 35.9 Å². The molecule has 1 aliphatic heterocycles. The Morgan fingerprint density at radius 3 is 2.30 bits per heavy atom. The summed E-state index contributed by atoms with van der Waals surface area (Å²) in [5.41, 5.74) is 1.70. The second kappa shape index (κ2) is 7.73. The second-order valence-electron chi connectivity index (χ2n) is 9.21. The summed E-state index contributed by atoms with van der Waals surface area (Å²) in [5, 5.41) is 6.06. The molecule has 0 aromatic heterocycles. The smallest absolute Gasteiger partial charge is 0.254 e. The Bertz CT molecular complexity index is 1160. The van der Waals surface area contributed by atoms with Gasteiger partial charge in [-0.25, -0.2) is 0 Å². The number of nitrogens with zero attached hydrogens (tertiary/aromatic N) is 2. The van der Waals surface area contributed by atoms with Crippen molar-refractivity contribution >= 4 is 29.6 Å². The molecule has 2 amide bonds. The summed E-state index contributed by atoms with van der Waals surface area (Å²) in [5.74, 6) is 1.85. The fourth-order valence-electron chi connectivity index (χ4n) is 5.80. The number of amides is 2. The van der Waals surface area contributed by atoms with Crippen molar-refractivity contribution in [1.29, 1.82) is 0 Å². The lowest BCUT2D eigenvalue weighted by Crippen LogP contribution is -2.40. The maximum atomic E-state index is 13.0. The molecule has 33 heavy (non-hydrogen) atoms. The molecule has 3 fully saturated rings. The van der Waals surface area contributed by atoms with E-state index in [1.165, 1.54) is 6.21 Å². The predicted molar refractivity (Wildman–Crippen MR) is 123 cm³/mol. The van der Waals surface area contributed by atoms with Crippen molar-refractivity contribution in [2.24, 2.45) is 40.6 Å². The largest absolute Gasteiger partial charge is 0.493 e. The first-order chi connectivity index (χ1) is 16.0. The van der Waals surface area contributed by atoms with Crippen LogP contribution in [0.25, 0.3) is 0 Å². The van der Waals surface area contributed by atoms with Gasteiger partial charge in [0.05, 0.1) is 25.2 Å². The van der Waals surface area contributed by atoms with Crippen molar-refractivity contribution in [3.8, 4) is 11.5 Å². The molecule has 0 unspecified atom stereocenters. The normalized spacial score (nSPS) is 31.2. The van der Waals surface area contributed by atoms with Crippen LogP contribution in [-0.2, 0) is 16.2 Å². The fourth-order valence-corrected chi connectivity index (χ4v) is 5.93. The molecule has 2 aromatic carbocycles. The molecule has 2 aromatic rings. The van der Waals surface area contributed by atoms with E-state index in [0.717, 1.165) is 17.0 Å². The summed E-state index contributed by atoms with van der Waals surface area (Å²) < 4.78 is 11.4. The molecule has 5 aliphatic rings. The lowest BCUT2D eigenvalue weighted by Gasteiger charge is -2.37. The third-order valence-corrected chi connectivity index (χ3v) is 7.71. The Morgan fingerprint density at radius 2 is 1.67 bits per heavy atom. The minimum atomic E-state index is -0.244. The van der Waals surface area contributed by atoms with Crippen molar-refractivity contribution in [2.75, 3.05) is 7.11 Å². The van der Waals surface area contributed by atoms with Crippen LogP contribution in [0.5, 0.6) is 11.5 Å². The number of ether oxygens (including phenoxy) is 2. The number of carbonyl (C=O) groups excluding carboxylic acids is 2. The molecule has 1 heterocycles. The average Bonchev–Trinajstić information content (AvgIpc) is 3.62. The van der Waals surface area contributed by atoms with Gasteiger partial charge >= 0.3 is 0 Å². The van der Waals surface area contributed by atoms with Crippen LogP contribution in [0.4, 0.5) is 0 Å². The molecule has 0 N–H and O–H groups in total. The van der Waals surface area contributed by atoms with Crippen LogP contribution in [0, 0.1) is 35.5 Å². The predicted octanol–water partition coefficient (Wildman–Crippen LogP) is 4.31. The number of rotatable bonds is 6. The van der Waals surface area contributed by atoms with Gasteiger partial charge in [0.25, 0.3) is 11.8 Å². The van der Waals surface area contributed by atoms with Gasteiger partial charge in [0.15, 0.2) is 11.5 Å². The van der Waals surface area contributed by atoms with E-state index in [2.05, 4.69) is 17.3 Å². The molecule has 2 bridgehead atoms. The Kier molecular flexibility index (Phi) is 4.80. The highest BCUT2D eigenvalue weighted by atomic mass is 35.5. The second-order valence-corrected chi connectivity index (χ2v) is 9.65. The van der Waals surface area contributed by atoms with E-state index in [9.17, 15) is 9.59 Å². The molecule has 168 valence electrons. The van der Waals surface area contributed by atoms with E-state index < -0.39 is 0 Å². The van der Waals surface area contributed by atoms with Gasteiger partial charge in [0.1, 0.15) is 6.61 Å². The first-order valence-electron chi connectivity index (χ1n) is 11.2. The van der Waals surface area contributed by atoms with Crippen LogP contribution >= 0.6 is 11.6 Å². The van der Waals surface area contributed by atoms with Crippen LogP contribution in [-0.4, -0.2) is 30.1 Å². The number of allylic oxidation sites excluding steroid dienone is 2. The lowest BCUT2D eigenvalue weighted by molar-refractivity contribution is -0.140. The number of hydrogen-bond donors (Lipinski definition) is 0. The molecule has 7 heteroatoms. The summed E-state index contributed by atoms with van der Waals surface area (Å²) in [7, 11) is 1.57.